The van der Waals surface area contributed by atoms with E-state index in [0.29, 0.717) is 18.1 Å². The Balaban J connectivity index is 2.05. The molecule has 6 nitrogen and oxygen atoms in total. The predicted molar refractivity (Wildman–Crippen MR) is 88.4 cm³/mol. The van der Waals surface area contributed by atoms with E-state index in [1.807, 2.05) is 37.3 Å². The quantitative estimate of drug-likeness (QED) is 0.822. The first-order valence-corrected chi connectivity index (χ1v) is 7.59. The summed E-state index contributed by atoms with van der Waals surface area (Å²) in [5.41, 5.74) is 0.853. The van der Waals surface area contributed by atoms with Crippen LogP contribution in [0, 0.1) is 6.92 Å². The van der Waals surface area contributed by atoms with Crippen molar-refractivity contribution in [3.8, 4) is 0 Å². The highest BCUT2D eigenvalue weighted by atomic mass is 16.5. The molecule has 0 bridgehead atoms. The van der Waals surface area contributed by atoms with Crippen LogP contribution in [0.15, 0.2) is 40.9 Å². The van der Waals surface area contributed by atoms with E-state index in [1.54, 1.807) is 17.9 Å². The molecule has 0 aliphatic heterocycles. The van der Waals surface area contributed by atoms with Crippen molar-refractivity contribution in [1.82, 2.24) is 5.16 Å². The number of aryl methyl sites for hydroxylation is 1. The first-order chi connectivity index (χ1) is 11.0. The Morgan fingerprint density at radius 2 is 1.87 bits per heavy atom. The lowest BCUT2D eigenvalue weighted by molar-refractivity contribution is -0.118. The second-order valence-corrected chi connectivity index (χ2v) is 5.19. The highest BCUT2D eigenvalue weighted by Crippen LogP contribution is 2.17. The fraction of sp³-hybridized carbons (Fsp3) is 0.353. The van der Waals surface area contributed by atoms with Crippen molar-refractivity contribution < 1.29 is 14.1 Å². The molecule has 1 heterocycles. The van der Waals surface area contributed by atoms with Crippen molar-refractivity contribution in [2.24, 2.45) is 0 Å². The van der Waals surface area contributed by atoms with Crippen LogP contribution in [0.25, 0.3) is 0 Å². The zero-order valence-electron chi connectivity index (χ0n) is 13.7. The number of hydrogen-bond donors (Lipinski definition) is 0. The fourth-order valence-corrected chi connectivity index (χ4v) is 2.37. The number of nitrogens with zero attached hydrogens (tertiary/aromatic N) is 3. The minimum absolute atomic E-state index is 0.0369. The Bertz CT molecular complexity index is 667. The largest absolute Gasteiger partial charge is 0.360 e. The number of aromatic nitrogens is 1. The number of amides is 2. The Labute approximate surface area is 135 Å². The SMILES string of the molecule is CCN(C(=O)CCN(C(C)=O)c1cc(C)on1)c1ccccc1. The summed E-state index contributed by atoms with van der Waals surface area (Å²) >= 11 is 0. The van der Waals surface area contributed by atoms with Gasteiger partial charge >= 0.3 is 0 Å². The van der Waals surface area contributed by atoms with Gasteiger partial charge in [-0.15, -0.1) is 0 Å². The second-order valence-electron chi connectivity index (χ2n) is 5.19. The molecule has 0 saturated heterocycles. The molecule has 1 aromatic heterocycles. The molecule has 2 rings (SSSR count). The molecule has 0 N–H and O–H groups in total. The minimum atomic E-state index is -0.172. The van der Waals surface area contributed by atoms with Crippen LogP contribution in [0.3, 0.4) is 0 Å². The summed E-state index contributed by atoms with van der Waals surface area (Å²) in [6.45, 7) is 5.97. The zero-order chi connectivity index (χ0) is 16.8. The number of para-hydroxylation sites is 1. The molecule has 2 aromatic rings. The molecule has 0 aliphatic rings. The number of carbonyl (C=O) groups is 2. The Morgan fingerprint density at radius 3 is 2.39 bits per heavy atom. The van der Waals surface area contributed by atoms with E-state index in [-0.39, 0.29) is 24.8 Å². The maximum atomic E-state index is 12.5. The third kappa shape index (κ3) is 4.18. The van der Waals surface area contributed by atoms with Crippen LogP contribution < -0.4 is 9.80 Å². The van der Waals surface area contributed by atoms with E-state index >= 15 is 0 Å². The molecule has 1 aromatic carbocycles. The van der Waals surface area contributed by atoms with E-state index in [4.69, 9.17) is 4.52 Å². The number of hydrogen-bond acceptors (Lipinski definition) is 4. The lowest BCUT2D eigenvalue weighted by Crippen LogP contribution is -2.36. The molecule has 122 valence electrons. The summed E-state index contributed by atoms with van der Waals surface area (Å²) in [4.78, 5) is 27.4. The van der Waals surface area contributed by atoms with Crippen molar-refractivity contribution in [1.29, 1.82) is 0 Å². The first kappa shape index (κ1) is 16.7. The van der Waals surface area contributed by atoms with Crippen LogP contribution in [-0.2, 0) is 9.59 Å². The van der Waals surface area contributed by atoms with Crippen LogP contribution in [0.5, 0.6) is 0 Å². The van der Waals surface area contributed by atoms with E-state index < -0.39 is 0 Å². The lowest BCUT2D eigenvalue weighted by atomic mass is 10.2. The Kier molecular flexibility index (Phi) is 5.51. The standard InChI is InChI=1S/C17H21N3O3/c1-4-19(15-8-6-5-7-9-15)17(22)10-11-20(14(3)21)16-12-13(2)23-18-16/h5-9,12H,4,10-11H2,1-3H3. The van der Waals surface area contributed by atoms with Gasteiger partial charge in [0, 0.05) is 38.2 Å². The summed E-state index contributed by atoms with van der Waals surface area (Å²) in [5.74, 6) is 0.849. The summed E-state index contributed by atoms with van der Waals surface area (Å²) in [6, 6.07) is 11.2. The van der Waals surface area contributed by atoms with Gasteiger partial charge in [0.05, 0.1) is 0 Å². The van der Waals surface area contributed by atoms with Crippen LogP contribution in [0.1, 0.15) is 26.0 Å². The van der Waals surface area contributed by atoms with Gasteiger partial charge in [-0.25, -0.2) is 0 Å². The highest BCUT2D eigenvalue weighted by molar-refractivity contribution is 5.95. The van der Waals surface area contributed by atoms with Gasteiger partial charge < -0.3 is 9.42 Å². The number of anilines is 2. The summed E-state index contributed by atoms with van der Waals surface area (Å²) in [6.07, 6.45) is 0.216. The molecule has 0 radical (unpaired) electrons. The molecule has 0 spiro atoms. The lowest BCUT2D eigenvalue weighted by Gasteiger charge is -2.23. The van der Waals surface area contributed by atoms with E-state index in [2.05, 4.69) is 5.16 Å². The van der Waals surface area contributed by atoms with Crippen LogP contribution in [0.4, 0.5) is 11.5 Å². The van der Waals surface area contributed by atoms with E-state index in [9.17, 15) is 9.59 Å². The minimum Gasteiger partial charge on any atom is -0.360 e. The molecule has 2 amide bonds. The molecule has 6 heteroatoms. The molecule has 0 atom stereocenters. The van der Waals surface area contributed by atoms with Crippen molar-refractivity contribution in [2.75, 3.05) is 22.9 Å². The normalized spacial score (nSPS) is 10.4. The van der Waals surface area contributed by atoms with Gasteiger partial charge in [0.15, 0.2) is 5.82 Å². The van der Waals surface area contributed by atoms with Crippen molar-refractivity contribution in [3.05, 3.63) is 42.2 Å². The molecular formula is C17H21N3O3. The smallest absolute Gasteiger partial charge is 0.228 e. The van der Waals surface area contributed by atoms with Gasteiger partial charge in [0.1, 0.15) is 5.76 Å². The van der Waals surface area contributed by atoms with Gasteiger partial charge in [0.2, 0.25) is 11.8 Å². The van der Waals surface area contributed by atoms with Crippen molar-refractivity contribution in [3.63, 3.8) is 0 Å². The summed E-state index contributed by atoms with van der Waals surface area (Å²) < 4.78 is 5.00. The monoisotopic (exact) mass is 315 g/mol. The molecule has 0 aliphatic carbocycles. The Hall–Kier alpha value is -2.63. The number of rotatable bonds is 6. The third-order valence-electron chi connectivity index (χ3n) is 3.51. The summed E-state index contributed by atoms with van der Waals surface area (Å²) in [7, 11) is 0. The number of benzene rings is 1. The van der Waals surface area contributed by atoms with Gasteiger partial charge in [-0.1, -0.05) is 23.4 Å². The average molecular weight is 315 g/mol. The Morgan fingerprint density at radius 1 is 1.17 bits per heavy atom. The maximum Gasteiger partial charge on any atom is 0.228 e. The fourth-order valence-electron chi connectivity index (χ4n) is 2.37. The van der Waals surface area contributed by atoms with Crippen molar-refractivity contribution >= 4 is 23.3 Å². The average Bonchev–Trinajstić information content (AvgIpc) is 2.95. The highest BCUT2D eigenvalue weighted by Gasteiger charge is 2.19. The molecule has 0 saturated carbocycles. The van der Waals surface area contributed by atoms with E-state index in [1.165, 1.54) is 11.8 Å². The van der Waals surface area contributed by atoms with Crippen LogP contribution >= 0.6 is 0 Å². The van der Waals surface area contributed by atoms with Crippen molar-refractivity contribution in [2.45, 2.75) is 27.2 Å². The molecule has 23 heavy (non-hydrogen) atoms. The van der Waals surface area contributed by atoms with Gasteiger partial charge in [-0.3, -0.25) is 14.5 Å². The van der Waals surface area contributed by atoms with Crippen LogP contribution in [-0.4, -0.2) is 30.1 Å². The van der Waals surface area contributed by atoms with E-state index in [0.717, 1.165) is 5.69 Å². The summed E-state index contributed by atoms with van der Waals surface area (Å²) in [5, 5.41) is 3.84. The van der Waals surface area contributed by atoms with Gasteiger partial charge in [-0.2, -0.15) is 0 Å². The number of carbonyl (C=O) groups excluding carboxylic acids is 2. The zero-order valence-corrected chi connectivity index (χ0v) is 13.7. The van der Waals surface area contributed by atoms with Gasteiger partial charge in [0.25, 0.3) is 0 Å². The molecule has 0 unspecified atom stereocenters. The maximum absolute atomic E-state index is 12.5. The third-order valence-corrected chi connectivity index (χ3v) is 3.51. The first-order valence-electron chi connectivity index (χ1n) is 7.59. The second kappa shape index (κ2) is 7.58. The van der Waals surface area contributed by atoms with Crippen LogP contribution in [0.2, 0.25) is 0 Å². The molecule has 0 fully saturated rings. The predicted octanol–water partition coefficient (Wildman–Crippen LogP) is 2.78. The molecular weight excluding hydrogens is 294 g/mol. The topological polar surface area (TPSA) is 66.7 Å². The van der Waals surface area contributed by atoms with Gasteiger partial charge in [-0.05, 0) is 26.0 Å².